The predicted octanol–water partition coefficient (Wildman–Crippen LogP) is 6.38. The van der Waals surface area contributed by atoms with Crippen LogP contribution in [-0.4, -0.2) is 64.5 Å². The van der Waals surface area contributed by atoms with Crippen molar-refractivity contribution in [1.29, 1.82) is 0 Å². The van der Waals surface area contributed by atoms with E-state index in [9.17, 15) is 13.8 Å². The highest BCUT2D eigenvalue weighted by molar-refractivity contribution is 7.92. The fraction of sp³-hybridized carbons (Fsp3) is 0.513. The molecule has 5 aliphatic rings. The van der Waals surface area contributed by atoms with Crippen molar-refractivity contribution in [2.75, 3.05) is 37.5 Å². The number of aromatic nitrogens is 2. The van der Waals surface area contributed by atoms with Crippen LogP contribution in [0.25, 0.3) is 0 Å². The van der Waals surface area contributed by atoms with Gasteiger partial charge in [-0.25, -0.2) is 4.21 Å². The van der Waals surface area contributed by atoms with Crippen LogP contribution in [0, 0.1) is 17.8 Å². The molecule has 0 radical (unpaired) electrons. The summed E-state index contributed by atoms with van der Waals surface area (Å²) in [6, 6.07) is 13.5. The highest BCUT2D eigenvalue weighted by Gasteiger charge is 2.47. The molecular weight excluding hydrogens is 686 g/mol. The highest BCUT2D eigenvalue weighted by atomic mass is 35.5. The number of allylic oxidation sites excluding steroid dienone is 1. The van der Waals surface area contributed by atoms with Crippen LogP contribution >= 0.6 is 11.6 Å². The molecule has 7 atom stereocenters. The summed E-state index contributed by atoms with van der Waals surface area (Å²) in [5.41, 5.74) is 4.42. The van der Waals surface area contributed by atoms with Gasteiger partial charge in [0.05, 0.1) is 24.2 Å². The van der Waals surface area contributed by atoms with E-state index in [-0.39, 0.29) is 35.0 Å². The third-order valence-electron chi connectivity index (χ3n) is 11.9. The van der Waals surface area contributed by atoms with Gasteiger partial charge in [-0.2, -0.15) is 5.10 Å². The molecule has 2 aromatic carbocycles. The molecule has 0 saturated heterocycles. The second-order valence-corrected chi connectivity index (χ2v) is 17.6. The Morgan fingerprint density at radius 2 is 2.04 bits per heavy atom. The number of ether oxygens (including phenoxy) is 2. The van der Waals surface area contributed by atoms with E-state index in [1.54, 1.807) is 24.1 Å². The van der Waals surface area contributed by atoms with Gasteiger partial charge in [-0.3, -0.25) is 19.0 Å². The number of aryl methyl sites for hydroxylation is 2. The molecule has 2 fully saturated rings. The standard InChI is InChI=1S/C39H46ClN5O5S/c1-44-33(15-17-41-44)30-21-31(30)38(47)43-51(48)18-5-3-4-8-35(49-2)29-12-9-27(29)22-45-23-39(16-6-7-25-19-28(40)11-13-32(25)39)24-50-36-14-10-26(20-34(36)45)37(46)42-51/h4,8,10-11,13-15,17,19-20,27,29-31,35H,3,5-7,9,12,16,18,21-24H2,1-2H3,(H,42,43,46,47,48)/b8-4-/t27-,29+,30-,31-,35-,39-,51?/m0/s1. The molecule has 2 aliphatic heterocycles. The number of anilines is 1. The molecule has 10 nitrogen and oxygen atoms in total. The average Bonchev–Trinajstić information content (AvgIpc) is 3.81. The molecule has 270 valence electrons. The van der Waals surface area contributed by atoms with Crippen molar-refractivity contribution in [2.45, 2.75) is 68.8 Å². The average molecular weight is 732 g/mol. The number of methoxy groups -OCH3 is 1. The Kier molecular flexibility index (Phi) is 9.25. The van der Waals surface area contributed by atoms with Crippen LogP contribution in [0.15, 0.2) is 65.2 Å². The van der Waals surface area contributed by atoms with Crippen molar-refractivity contribution in [3.63, 3.8) is 0 Å². The van der Waals surface area contributed by atoms with Crippen LogP contribution in [-0.2, 0) is 38.3 Å². The van der Waals surface area contributed by atoms with Crippen LogP contribution in [0.2, 0.25) is 5.02 Å². The second kappa shape index (κ2) is 13.7. The molecule has 3 aliphatic carbocycles. The fourth-order valence-electron chi connectivity index (χ4n) is 8.91. The minimum absolute atomic E-state index is 0.00129. The number of rotatable bonds is 4. The summed E-state index contributed by atoms with van der Waals surface area (Å²) < 4.78 is 35.9. The number of hydrogen-bond acceptors (Lipinski definition) is 7. The quantitative estimate of drug-likeness (QED) is 0.310. The lowest BCUT2D eigenvalue weighted by molar-refractivity contribution is -0.120. The van der Waals surface area contributed by atoms with Gasteiger partial charge in [0.15, 0.2) is 0 Å². The molecule has 3 heterocycles. The Balaban J connectivity index is 1.15. The number of hydrogen-bond donors (Lipinski definition) is 1. The lowest BCUT2D eigenvalue weighted by Gasteiger charge is -2.46. The molecule has 3 aromatic rings. The van der Waals surface area contributed by atoms with E-state index in [4.69, 9.17) is 21.1 Å². The van der Waals surface area contributed by atoms with E-state index < -0.39 is 15.8 Å². The molecule has 2 bridgehead atoms. The normalized spacial score (nSPS) is 32.3. The zero-order chi connectivity index (χ0) is 35.3. The number of fused-ring (bicyclic) bond motifs is 4. The summed E-state index contributed by atoms with van der Waals surface area (Å²) in [4.78, 5) is 29.8. The summed E-state index contributed by atoms with van der Waals surface area (Å²) in [6.07, 6.45) is 12.8. The van der Waals surface area contributed by atoms with Gasteiger partial charge in [0.2, 0.25) is 5.91 Å². The van der Waals surface area contributed by atoms with Gasteiger partial charge >= 0.3 is 0 Å². The van der Waals surface area contributed by atoms with E-state index >= 15 is 0 Å². The van der Waals surface area contributed by atoms with Crippen LogP contribution < -0.4 is 14.4 Å². The van der Waals surface area contributed by atoms with Crippen LogP contribution in [0.3, 0.4) is 0 Å². The topological polar surface area (TPSA) is 115 Å². The van der Waals surface area contributed by atoms with E-state index in [1.165, 1.54) is 11.1 Å². The van der Waals surface area contributed by atoms with E-state index in [1.807, 2.05) is 31.3 Å². The Bertz CT molecular complexity index is 2000. The maximum absolute atomic E-state index is 14.4. The maximum Gasteiger partial charge on any atom is 0.286 e. The number of nitrogens with zero attached hydrogens (tertiary/aromatic N) is 4. The third-order valence-corrected chi connectivity index (χ3v) is 13.9. The first-order valence-corrected chi connectivity index (χ1v) is 20.3. The van der Waals surface area contributed by atoms with Gasteiger partial charge in [0, 0.05) is 67.0 Å². The summed E-state index contributed by atoms with van der Waals surface area (Å²) in [7, 11) is 0.202. The molecule has 1 aromatic heterocycles. The van der Waals surface area contributed by atoms with Gasteiger partial charge in [-0.15, -0.1) is 4.36 Å². The van der Waals surface area contributed by atoms with Gasteiger partial charge in [-0.05, 0) is 111 Å². The largest absolute Gasteiger partial charge is 0.490 e. The number of amides is 2. The lowest BCUT2D eigenvalue weighted by atomic mass is 9.68. The summed E-state index contributed by atoms with van der Waals surface area (Å²) in [6.45, 7) is 2.04. The van der Waals surface area contributed by atoms with Crippen LogP contribution in [0.5, 0.6) is 5.75 Å². The molecule has 2 saturated carbocycles. The van der Waals surface area contributed by atoms with Crippen molar-refractivity contribution in [1.82, 2.24) is 14.5 Å². The fourth-order valence-corrected chi connectivity index (χ4v) is 10.7. The van der Waals surface area contributed by atoms with Crippen LogP contribution in [0.1, 0.15) is 78.0 Å². The van der Waals surface area contributed by atoms with Gasteiger partial charge in [0.25, 0.3) is 5.91 Å². The zero-order valence-corrected chi connectivity index (χ0v) is 30.8. The molecule has 12 heteroatoms. The minimum atomic E-state index is -3.42. The smallest absolute Gasteiger partial charge is 0.286 e. The predicted molar refractivity (Wildman–Crippen MR) is 198 cm³/mol. The molecule has 2 amide bonds. The van der Waals surface area contributed by atoms with Crippen molar-refractivity contribution < 1.29 is 23.3 Å². The molecule has 51 heavy (non-hydrogen) atoms. The highest BCUT2D eigenvalue weighted by Crippen LogP contribution is 2.48. The Hall–Kier alpha value is -3.67. The Morgan fingerprint density at radius 1 is 1.16 bits per heavy atom. The monoisotopic (exact) mass is 731 g/mol. The number of nitrogens with one attached hydrogen (secondary N) is 1. The van der Waals surface area contributed by atoms with Gasteiger partial charge in [0.1, 0.15) is 15.7 Å². The number of benzene rings is 2. The lowest BCUT2D eigenvalue weighted by Crippen LogP contribution is -2.49. The Morgan fingerprint density at radius 3 is 2.82 bits per heavy atom. The molecular formula is C39H46ClN5O5S. The first kappa shape index (κ1) is 34.4. The summed E-state index contributed by atoms with van der Waals surface area (Å²) in [5.74, 6) is 0.245. The van der Waals surface area contributed by atoms with Crippen molar-refractivity contribution in [2.24, 2.45) is 29.2 Å². The molecule has 8 rings (SSSR count). The zero-order valence-electron chi connectivity index (χ0n) is 29.3. The summed E-state index contributed by atoms with van der Waals surface area (Å²) >= 11 is 6.46. The Labute approximate surface area is 305 Å². The SMILES string of the molecule is CO[C@H]1/C=C\CCCS(=O)(NC(=O)[C@H]2C[C@@H]2c2ccnn2C)=NC(=O)c2ccc3c(c2)N(C[C@@H]2CC[C@H]21)C[C@@]1(CCCc2cc(Cl)ccc21)CO3. The van der Waals surface area contributed by atoms with E-state index in [0.29, 0.717) is 49.0 Å². The molecule has 1 N–H and O–H groups in total. The third kappa shape index (κ3) is 6.73. The van der Waals surface area contributed by atoms with E-state index in [0.717, 1.165) is 61.6 Å². The minimum Gasteiger partial charge on any atom is -0.490 e. The van der Waals surface area contributed by atoms with Crippen molar-refractivity contribution in [3.05, 3.63) is 88.2 Å². The maximum atomic E-state index is 14.4. The van der Waals surface area contributed by atoms with Gasteiger partial charge in [-0.1, -0.05) is 29.8 Å². The number of halogens is 1. The van der Waals surface area contributed by atoms with Gasteiger partial charge < -0.3 is 14.4 Å². The van der Waals surface area contributed by atoms with Crippen molar-refractivity contribution >= 4 is 39.0 Å². The summed E-state index contributed by atoms with van der Waals surface area (Å²) in [5, 5.41) is 4.98. The molecule has 1 unspecified atom stereocenters. The second-order valence-electron chi connectivity index (χ2n) is 15.1. The van der Waals surface area contributed by atoms with E-state index in [2.05, 4.69) is 43.4 Å². The number of carbonyl (C=O) groups is 2. The van der Waals surface area contributed by atoms with Crippen molar-refractivity contribution in [3.8, 4) is 5.75 Å². The molecule has 1 spiro atoms. The van der Waals surface area contributed by atoms with Crippen LogP contribution in [0.4, 0.5) is 5.69 Å². The first-order chi connectivity index (χ1) is 24.6. The number of carbonyl (C=O) groups excluding carboxylic acids is 2. The first-order valence-electron chi connectivity index (χ1n) is 18.2.